The monoisotopic (exact) mass is 389 g/mol. The Kier molecular flexibility index (Phi) is 9.77. The van der Waals surface area contributed by atoms with Crippen molar-refractivity contribution in [2.75, 3.05) is 7.05 Å². The highest BCUT2D eigenvalue weighted by molar-refractivity contribution is 5.36. The van der Waals surface area contributed by atoms with Crippen molar-refractivity contribution in [3.63, 3.8) is 0 Å². The topological polar surface area (TPSA) is 29.9 Å². The van der Waals surface area contributed by atoms with Gasteiger partial charge in [0.2, 0.25) is 0 Å². The molecule has 0 aliphatic rings. The molecule has 154 valence electrons. The van der Waals surface area contributed by atoms with E-state index in [9.17, 15) is 0 Å². The van der Waals surface area contributed by atoms with Gasteiger partial charge in [0.25, 0.3) is 0 Å². The molecule has 0 bridgehead atoms. The summed E-state index contributed by atoms with van der Waals surface area (Å²) in [4.78, 5) is 0. The van der Waals surface area contributed by atoms with Crippen LogP contribution in [0.4, 0.5) is 0 Å². The summed E-state index contributed by atoms with van der Waals surface area (Å²) in [5, 5.41) is 7.69. The normalized spacial score (nSPS) is 12.5. The quantitative estimate of drug-likeness (QED) is 0.451. The molecule has 0 radical (unpaired) electrons. The first kappa shape index (κ1) is 22.5. The van der Waals surface area contributed by atoms with Crippen LogP contribution in [-0.2, 0) is 19.4 Å². The van der Waals surface area contributed by atoms with Crippen LogP contribution in [0.2, 0.25) is 0 Å². The summed E-state index contributed by atoms with van der Waals surface area (Å²) in [6.07, 6.45) is 19.6. The molecule has 0 amide bonds. The molecule has 2 rings (SSSR count). The molecule has 0 aliphatic heterocycles. The smallest absolute Gasteiger partial charge is 0.0659 e. The Morgan fingerprint density at radius 1 is 1.24 bits per heavy atom. The molecular weight excluding hydrogens is 354 g/mol. The molecule has 1 aromatic heterocycles. The lowest BCUT2D eigenvalue weighted by Gasteiger charge is -2.13. The van der Waals surface area contributed by atoms with Crippen LogP contribution in [0.3, 0.4) is 0 Å². The number of hydrogen-bond donors (Lipinski definition) is 1. The van der Waals surface area contributed by atoms with Crippen molar-refractivity contribution in [3.05, 3.63) is 102 Å². The molecule has 0 unspecified atom stereocenters. The number of nitrogens with zero attached hydrogens (tertiary/aromatic N) is 2. The van der Waals surface area contributed by atoms with E-state index >= 15 is 0 Å². The van der Waals surface area contributed by atoms with Gasteiger partial charge in [-0.15, -0.1) is 0 Å². The Bertz CT molecular complexity index is 839. The highest BCUT2D eigenvalue weighted by atomic mass is 15.3. The van der Waals surface area contributed by atoms with Crippen molar-refractivity contribution in [3.8, 4) is 0 Å². The van der Waals surface area contributed by atoms with E-state index in [0.717, 1.165) is 32.2 Å². The first-order valence-corrected chi connectivity index (χ1v) is 10.6. The van der Waals surface area contributed by atoms with Gasteiger partial charge in [-0.05, 0) is 67.0 Å². The number of benzene rings is 1. The molecule has 0 fully saturated rings. The Morgan fingerprint density at radius 3 is 2.76 bits per heavy atom. The fourth-order valence-corrected chi connectivity index (χ4v) is 3.52. The lowest BCUT2D eigenvalue weighted by Crippen LogP contribution is -2.07. The van der Waals surface area contributed by atoms with Crippen LogP contribution < -0.4 is 5.32 Å². The molecule has 0 saturated carbocycles. The molecule has 0 saturated heterocycles. The van der Waals surface area contributed by atoms with Crippen molar-refractivity contribution in [2.24, 2.45) is 0 Å². The van der Waals surface area contributed by atoms with E-state index < -0.39 is 0 Å². The summed E-state index contributed by atoms with van der Waals surface area (Å²) in [6, 6.07) is 8.90. The second-order valence-corrected chi connectivity index (χ2v) is 7.23. The first-order chi connectivity index (χ1) is 14.2. The lowest BCUT2D eigenvalue weighted by atomic mass is 9.95. The van der Waals surface area contributed by atoms with Crippen LogP contribution in [0.15, 0.2) is 84.9 Å². The first-order valence-electron chi connectivity index (χ1n) is 10.6. The van der Waals surface area contributed by atoms with Crippen molar-refractivity contribution in [1.29, 1.82) is 0 Å². The van der Waals surface area contributed by atoms with Crippen molar-refractivity contribution < 1.29 is 0 Å². The van der Waals surface area contributed by atoms with E-state index in [2.05, 4.69) is 60.3 Å². The Balaban J connectivity index is 2.08. The Hall–Kier alpha value is -2.81. The minimum Gasteiger partial charge on any atom is -0.391 e. The number of allylic oxidation sites excluding steroid dienone is 7. The number of aromatic nitrogens is 2. The minimum absolute atomic E-state index is 0.827. The summed E-state index contributed by atoms with van der Waals surface area (Å²) in [6.45, 7) is 8.92. The van der Waals surface area contributed by atoms with E-state index in [-0.39, 0.29) is 0 Å². The highest BCUT2D eigenvalue weighted by Crippen LogP contribution is 2.19. The maximum Gasteiger partial charge on any atom is 0.0659 e. The summed E-state index contributed by atoms with van der Waals surface area (Å²) in [5.41, 5.74) is 6.69. The van der Waals surface area contributed by atoms with Gasteiger partial charge in [-0.1, -0.05) is 62.4 Å². The molecule has 0 atom stereocenters. The third-order valence-corrected chi connectivity index (χ3v) is 4.92. The molecule has 0 aliphatic carbocycles. The van der Waals surface area contributed by atoms with Gasteiger partial charge < -0.3 is 5.32 Å². The number of aryl methyl sites for hydroxylation is 2. The lowest BCUT2D eigenvalue weighted by molar-refractivity contribution is 0.684. The van der Waals surface area contributed by atoms with Crippen LogP contribution in [0.5, 0.6) is 0 Å². The average Bonchev–Trinajstić information content (AvgIpc) is 3.22. The van der Waals surface area contributed by atoms with Crippen LogP contribution >= 0.6 is 0 Å². The van der Waals surface area contributed by atoms with Gasteiger partial charge in [0, 0.05) is 25.1 Å². The van der Waals surface area contributed by atoms with Gasteiger partial charge in [-0.3, -0.25) is 4.68 Å². The molecule has 1 heterocycles. The van der Waals surface area contributed by atoms with Gasteiger partial charge in [-0.25, -0.2) is 0 Å². The van der Waals surface area contributed by atoms with E-state index in [1.807, 2.05) is 49.3 Å². The zero-order valence-corrected chi connectivity index (χ0v) is 18.2. The second kappa shape index (κ2) is 12.6. The maximum atomic E-state index is 4.34. The second-order valence-electron chi connectivity index (χ2n) is 7.23. The molecule has 0 spiro atoms. The Morgan fingerprint density at radius 2 is 2.10 bits per heavy atom. The molecule has 1 N–H and O–H groups in total. The molecule has 29 heavy (non-hydrogen) atoms. The van der Waals surface area contributed by atoms with Crippen LogP contribution in [0.25, 0.3) is 0 Å². The molecule has 1 aromatic carbocycles. The van der Waals surface area contributed by atoms with Gasteiger partial charge >= 0.3 is 0 Å². The number of rotatable bonds is 12. The predicted octanol–water partition coefficient (Wildman–Crippen LogP) is 6.00. The van der Waals surface area contributed by atoms with E-state index in [1.165, 1.54) is 34.4 Å². The Labute approximate surface area is 176 Å². The average molecular weight is 390 g/mol. The van der Waals surface area contributed by atoms with E-state index in [4.69, 9.17) is 0 Å². The van der Waals surface area contributed by atoms with Crippen molar-refractivity contribution in [1.82, 2.24) is 15.1 Å². The SMILES string of the molecule is C=C/C=C(\C=C/C)/C=C(/CCCc1cc(Cn2cccn2)ccc1CCC)NC. The molecule has 3 nitrogen and oxygen atoms in total. The van der Waals surface area contributed by atoms with Crippen LogP contribution in [-0.4, -0.2) is 16.8 Å². The van der Waals surface area contributed by atoms with Crippen molar-refractivity contribution in [2.45, 2.75) is 52.5 Å². The van der Waals surface area contributed by atoms with Gasteiger partial charge in [0.1, 0.15) is 0 Å². The largest absolute Gasteiger partial charge is 0.391 e. The fraction of sp³-hybridized carbons (Fsp3) is 0.346. The van der Waals surface area contributed by atoms with Gasteiger partial charge in [-0.2, -0.15) is 5.10 Å². The number of hydrogen-bond acceptors (Lipinski definition) is 2. The summed E-state index contributed by atoms with van der Waals surface area (Å²) in [5.74, 6) is 0. The van der Waals surface area contributed by atoms with Crippen LogP contribution in [0.1, 0.15) is 49.8 Å². The molecule has 3 heteroatoms. The summed E-state index contributed by atoms with van der Waals surface area (Å²) in [7, 11) is 2.00. The zero-order valence-electron chi connectivity index (χ0n) is 18.2. The third-order valence-electron chi connectivity index (χ3n) is 4.92. The number of nitrogens with one attached hydrogen (secondary N) is 1. The molecule has 2 aromatic rings. The predicted molar refractivity (Wildman–Crippen MR) is 125 cm³/mol. The maximum absolute atomic E-state index is 4.34. The third kappa shape index (κ3) is 7.61. The minimum atomic E-state index is 0.827. The van der Waals surface area contributed by atoms with Crippen LogP contribution in [0, 0.1) is 0 Å². The fourth-order valence-electron chi connectivity index (χ4n) is 3.52. The standard InChI is InChI=1S/C26H35N3/c1-5-10-22(11-6-2)20-26(27-4)14-8-13-25-19-23(15-16-24(25)12-7-3)21-29-18-9-17-28-29/h5-6,9-11,15-20,27H,1,7-8,12-14,21H2,2-4H3/b11-6-,22-10+,26-20-. The highest BCUT2D eigenvalue weighted by Gasteiger charge is 2.06. The molecular formula is C26H35N3. The van der Waals surface area contributed by atoms with Crippen molar-refractivity contribution >= 4 is 0 Å². The van der Waals surface area contributed by atoms with Gasteiger partial charge in [0.05, 0.1) is 6.54 Å². The zero-order chi connectivity index (χ0) is 20.9. The van der Waals surface area contributed by atoms with E-state index in [1.54, 1.807) is 0 Å². The van der Waals surface area contributed by atoms with Gasteiger partial charge in [0.15, 0.2) is 0 Å². The van der Waals surface area contributed by atoms with E-state index in [0.29, 0.717) is 0 Å². The summed E-state index contributed by atoms with van der Waals surface area (Å²) >= 11 is 0. The summed E-state index contributed by atoms with van der Waals surface area (Å²) < 4.78 is 1.98.